The second kappa shape index (κ2) is 4.04. The van der Waals surface area contributed by atoms with Crippen LogP contribution in [0.4, 0.5) is 0 Å². The Morgan fingerprint density at radius 1 is 1.57 bits per heavy atom. The quantitative estimate of drug-likeness (QED) is 0.770. The lowest BCUT2D eigenvalue weighted by molar-refractivity contribution is -0.201. The Morgan fingerprint density at radius 2 is 2.14 bits per heavy atom. The highest BCUT2D eigenvalue weighted by molar-refractivity contribution is 7.13. The Kier molecular flexibility index (Phi) is 3.20. The first-order valence-electron chi connectivity index (χ1n) is 3.83. The SMILES string of the molecule is COC(C)(OC)c1ncc(C(=O)O)s1. The zero-order chi connectivity index (χ0) is 10.8. The van der Waals surface area contributed by atoms with Crippen LogP contribution in [0, 0.1) is 0 Å². The zero-order valence-corrected chi connectivity index (χ0v) is 8.92. The molecule has 0 aromatic carbocycles. The summed E-state index contributed by atoms with van der Waals surface area (Å²) in [6.07, 6.45) is 1.29. The van der Waals surface area contributed by atoms with Crippen molar-refractivity contribution in [2.45, 2.75) is 12.7 Å². The topological polar surface area (TPSA) is 68.7 Å². The minimum atomic E-state index is -0.997. The van der Waals surface area contributed by atoms with Gasteiger partial charge in [0.25, 0.3) is 0 Å². The molecule has 0 aliphatic rings. The van der Waals surface area contributed by atoms with Gasteiger partial charge in [-0.2, -0.15) is 0 Å². The fraction of sp³-hybridized carbons (Fsp3) is 0.500. The summed E-state index contributed by atoms with van der Waals surface area (Å²) >= 11 is 1.04. The smallest absolute Gasteiger partial charge is 0.347 e. The van der Waals surface area contributed by atoms with Crippen LogP contribution in [-0.2, 0) is 15.3 Å². The molecule has 78 valence electrons. The lowest BCUT2D eigenvalue weighted by Gasteiger charge is -2.23. The Labute approximate surface area is 85.3 Å². The van der Waals surface area contributed by atoms with Gasteiger partial charge >= 0.3 is 5.97 Å². The monoisotopic (exact) mass is 217 g/mol. The molecule has 0 atom stereocenters. The predicted molar refractivity (Wildman–Crippen MR) is 50.4 cm³/mol. The molecule has 1 rings (SSSR count). The molecule has 0 fully saturated rings. The second-order valence-electron chi connectivity index (χ2n) is 2.69. The van der Waals surface area contributed by atoms with Gasteiger partial charge in [0.2, 0.25) is 5.79 Å². The van der Waals surface area contributed by atoms with Crippen LogP contribution in [0.15, 0.2) is 6.20 Å². The van der Waals surface area contributed by atoms with E-state index in [0.717, 1.165) is 11.3 Å². The van der Waals surface area contributed by atoms with Crippen molar-refractivity contribution in [3.8, 4) is 0 Å². The normalized spacial score (nSPS) is 11.6. The molecule has 0 spiro atoms. The number of hydrogen-bond acceptors (Lipinski definition) is 5. The van der Waals surface area contributed by atoms with Crippen LogP contribution in [0.3, 0.4) is 0 Å². The number of aromatic carboxylic acids is 1. The van der Waals surface area contributed by atoms with Gasteiger partial charge in [-0.1, -0.05) is 0 Å². The highest BCUT2D eigenvalue weighted by Crippen LogP contribution is 2.28. The molecule has 1 N–H and O–H groups in total. The molecule has 0 radical (unpaired) electrons. The van der Waals surface area contributed by atoms with Crippen molar-refractivity contribution in [1.82, 2.24) is 4.98 Å². The lowest BCUT2D eigenvalue weighted by atomic mass is 10.3. The van der Waals surface area contributed by atoms with Crippen molar-refractivity contribution in [3.05, 3.63) is 16.1 Å². The maximum absolute atomic E-state index is 10.6. The Bertz CT molecular complexity index is 332. The van der Waals surface area contributed by atoms with Crippen molar-refractivity contribution in [2.24, 2.45) is 0 Å². The zero-order valence-electron chi connectivity index (χ0n) is 8.10. The van der Waals surface area contributed by atoms with E-state index in [4.69, 9.17) is 14.6 Å². The van der Waals surface area contributed by atoms with Crippen LogP contribution in [0.5, 0.6) is 0 Å². The third kappa shape index (κ3) is 1.92. The van der Waals surface area contributed by atoms with Gasteiger partial charge < -0.3 is 14.6 Å². The summed E-state index contributed by atoms with van der Waals surface area (Å²) < 4.78 is 10.2. The Hall–Kier alpha value is -0.980. The van der Waals surface area contributed by atoms with Crippen molar-refractivity contribution >= 4 is 17.3 Å². The molecule has 5 nitrogen and oxygen atoms in total. The molecule has 0 aliphatic carbocycles. The van der Waals surface area contributed by atoms with Crippen LogP contribution in [-0.4, -0.2) is 30.3 Å². The van der Waals surface area contributed by atoms with Gasteiger partial charge in [0, 0.05) is 14.2 Å². The van der Waals surface area contributed by atoms with Crippen LogP contribution in [0.25, 0.3) is 0 Å². The number of thiazole rings is 1. The van der Waals surface area contributed by atoms with Gasteiger partial charge in [0.1, 0.15) is 4.88 Å². The minimum absolute atomic E-state index is 0.167. The highest BCUT2D eigenvalue weighted by atomic mass is 32.1. The summed E-state index contributed by atoms with van der Waals surface area (Å²) in [5, 5.41) is 9.18. The maximum Gasteiger partial charge on any atom is 0.347 e. The van der Waals surface area contributed by atoms with E-state index in [2.05, 4.69) is 4.98 Å². The molecule has 0 unspecified atom stereocenters. The number of carboxylic acid groups (broad SMARTS) is 1. The largest absolute Gasteiger partial charge is 0.477 e. The molecule has 0 saturated carbocycles. The number of hydrogen-bond donors (Lipinski definition) is 1. The number of aromatic nitrogens is 1. The van der Waals surface area contributed by atoms with E-state index in [0.29, 0.717) is 5.01 Å². The first-order valence-corrected chi connectivity index (χ1v) is 4.65. The Morgan fingerprint density at radius 3 is 2.50 bits per heavy atom. The molecule has 0 amide bonds. The van der Waals surface area contributed by atoms with E-state index in [1.807, 2.05) is 0 Å². The highest BCUT2D eigenvalue weighted by Gasteiger charge is 2.30. The third-order valence-corrected chi connectivity index (χ3v) is 3.05. The van der Waals surface area contributed by atoms with Crippen molar-refractivity contribution < 1.29 is 19.4 Å². The second-order valence-corrected chi connectivity index (χ2v) is 3.72. The van der Waals surface area contributed by atoms with Crippen LogP contribution < -0.4 is 0 Å². The van der Waals surface area contributed by atoms with Crippen molar-refractivity contribution in [1.29, 1.82) is 0 Å². The van der Waals surface area contributed by atoms with Crippen molar-refractivity contribution in [3.63, 3.8) is 0 Å². The van der Waals surface area contributed by atoms with Crippen LogP contribution >= 0.6 is 11.3 Å². The van der Waals surface area contributed by atoms with Crippen LogP contribution in [0.2, 0.25) is 0 Å². The average Bonchev–Trinajstić information content (AvgIpc) is 2.66. The number of ether oxygens (including phenoxy) is 2. The summed E-state index contributed by atoms with van der Waals surface area (Å²) in [6, 6.07) is 0. The predicted octanol–water partition coefficient (Wildman–Crippen LogP) is 1.31. The van der Waals surface area contributed by atoms with Gasteiger partial charge in [-0.3, -0.25) is 0 Å². The summed E-state index contributed by atoms with van der Waals surface area (Å²) in [5.74, 6) is -1.97. The Balaban J connectivity index is 3.01. The van der Waals surface area contributed by atoms with E-state index in [9.17, 15) is 4.79 Å². The number of carboxylic acids is 1. The number of methoxy groups -OCH3 is 2. The first kappa shape index (κ1) is 11.1. The molecule has 1 heterocycles. The van der Waals surface area contributed by atoms with Gasteiger partial charge in [0.15, 0.2) is 5.01 Å². The molecular weight excluding hydrogens is 206 g/mol. The maximum atomic E-state index is 10.6. The fourth-order valence-electron chi connectivity index (χ4n) is 0.841. The summed E-state index contributed by atoms with van der Waals surface area (Å²) in [4.78, 5) is 14.7. The molecular formula is C8H11NO4S. The van der Waals surface area contributed by atoms with Gasteiger partial charge in [0.05, 0.1) is 6.20 Å². The van der Waals surface area contributed by atoms with E-state index in [-0.39, 0.29) is 4.88 Å². The molecule has 0 bridgehead atoms. The van der Waals surface area contributed by atoms with Gasteiger partial charge in [-0.05, 0) is 6.92 Å². The molecule has 14 heavy (non-hydrogen) atoms. The molecule has 0 aliphatic heterocycles. The summed E-state index contributed by atoms with van der Waals surface area (Å²) in [5.41, 5.74) is 0. The number of rotatable bonds is 4. The molecule has 0 saturated heterocycles. The minimum Gasteiger partial charge on any atom is -0.477 e. The number of carbonyl (C=O) groups is 1. The van der Waals surface area contributed by atoms with E-state index in [1.165, 1.54) is 20.4 Å². The molecule has 1 aromatic rings. The summed E-state index contributed by atoms with van der Waals surface area (Å²) in [6.45, 7) is 1.68. The molecule has 6 heteroatoms. The van der Waals surface area contributed by atoms with Gasteiger partial charge in [-0.15, -0.1) is 11.3 Å². The third-order valence-electron chi connectivity index (χ3n) is 1.88. The standard InChI is InChI=1S/C8H11NO4S/c1-8(12-2,13-3)7-9-4-5(14-7)6(10)11/h4H,1-3H3,(H,10,11). The summed E-state index contributed by atoms with van der Waals surface area (Å²) in [7, 11) is 2.96. The van der Waals surface area contributed by atoms with Gasteiger partial charge in [-0.25, -0.2) is 9.78 Å². The van der Waals surface area contributed by atoms with E-state index < -0.39 is 11.8 Å². The van der Waals surface area contributed by atoms with Crippen molar-refractivity contribution in [2.75, 3.05) is 14.2 Å². The lowest BCUT2D eigenvalue weighted by Crippen LogP contribution is -2.26. The van der Waals surface area contributed by atoms with Crippen LogP contribution in [0.1, 0.15) is 21.6 Å². The molecule has 1 aromatic heterocycles. The van der Waals surface area contributed by atoms with E-state index >= 15 is 0 Å². The van der Waals surface area contributed by atoms with E-state index in [1.54, 1.807) is 6.92 Å². The average molecular weight is 217 g/mol. The first-order chi connectivity index (χ1) is 6.53. The fourth-order valence-corrected chi connectivity index (χ4v) is 1.70. The number of nitrogens with zero attached hydrogens (tertiary/aromatic N) is 1.